The molecule has 1 aromatic rings. The summed E-state index contributed by atoms with van der Waals surface area (Å²) in [6, 6.07) is 8.97. The summed E-state index contributed by atoms with van der Waals surface area (Å²) in [6.45, 7) is 1.65. The second kappa shape index (κ2) is 5.66. The van der Waals surface area contributed by atoms with Gasteiger partial charge in [0.1, 0.15) is 5.41 Å². The van der Waals surface area contributed by atoms with Gasteiger partial charge in [0.2, 0.25) is 0 Å². The zero-order valence-electron chi connectivity index (χ0n) is 9.52. The van der Waals surface area contributed by atoms with Gasteiger partial charge < -0.3 is 10.2 Å². The average molecular weight is 222 g/mol. The van der Waals surface area contributed by atoms with E-state index in [1.165, 1.54) is 0 Å². The fourth-order valence-corrected chi connectivity index (χ4v) is 1.85. The van der Waals surface area contributed by atoms with E-state index in [1.54, 1.807) is 24.3 Å². The summed E-state index contributed by atoms with van der Waals surface area (Å²) < 4.78 is 0. The summed E-state index contributed by atoms with van der Waals surface area (Å²) >= 11 is 0. The summed E-state index contributed by atoms with van der Waals surface area (Å²) in [5.41, 5.74) is -0.462. The molecule has 3 nitrogen and oxygen atoms in total. The van der Waals surface area contributed by atoms with Crippen LogP contribution in [0.25, 0.3) is 0 Å². The van der Waals surface area contributed by atoms with Crippen LogP contribution in [0.15, 0.2) is 30.3 Å². The first-order chi connectivity index (χ1) is 7.67. The standard InChI is InChI=1S/C13H18O3/c1-2-3-9-13(10-14,12(15)16)11-7-5-4-6-8-11/h4-8,14H,2-3,9-10H2,1H3,(H,15,16). The van der Waals surface area contributed by atoms with Crippen LogP contribution in [0.3, 0.4) is 0 Å². The first kappa shape index (κ1) is 12.7. The molecule has 0 heterocycles. The summed E-state index contributed by atoms with van der Waals surface area (Å²) in [4.78, 5) is 11.4. The molecule has 1 unspecified atom stereocenters. The molecule has 1 aromatic carbocycles. The minimum atomic E-state index is -1.14. The number of carbonyl (C=O) groups is 1. The molecular formula is C13H18O3. The first-order valence-electron chi connectivity index (χ1n) is 5.57. The van der Waals surface area contributed by atoms with E-state index in [4.69, 9.17) is 0 Å². The van der Waals surface area contributed by atoms with E-state index in [0.29, 0.717) is 12.0 Å². The van der Waals surface area contributed by atoms with Gasteiger partial charge in [0.15, 0.2) is 0 Å². The maximum Gasteiger partial charge on any atom is 0.316 e. The van der Waals surface area contributed by atoms with Gasteiger partial charge in [-0.05, 0) is 12.0 Å². The molecule has 0 aromatic heterocycles. The molecule has 0 radical (unpaired) electrons. The largest absolute Gasteiger partial charge is 0.481 e. The van der Waals surface area contributed by atoms with Gasteiger partial charge in [-0.1, -0.05) is 50.1 Å². The van der Waals surface area contributed by atoms with Crippen LogP contribution in [0.1, 0.15) is 31.7 Å². The molecule has 0 aliphatic rings. The molecule has 0 bridgehead atoms. The Morgan fingerprint density at radius 2 is 1.94 bits per heavy atom. The zero-order valence-corrected chi connectivity index (χ0v) is 9.52. The quantitative estimate of drug-likeness (QED) is 0.775. The lowest BCUT2D eigenvalue weighted by molar-refractivity contribution is -0.146. The fraction of sp³-hybridized carbons (Fsp3) is 0.462. The molecule has 0 saturated carbocycles. The highest BCUT2D eigenvalue weighted by molar-refractivity contribution is 5.81. The molecule has 0 fully saturated rings. The molecule has 0 spiro atoms. The molecule has 0 aliphatic heterocycles. The summed E-state index contributed by atoms with van der Waals surface area (Å²) in [6.07, 6.45) is 2.18. The summed E-state index contributed by atoms with van der Waals surface area (Å²) in [7, 11) is 0. The van der Waals surface area contributed by atoms with Gasteiger partial charge in [-0.15, -0.1) is 0 Å². The van der Waals surface area contributed by atoms with Crippen molar-refractivity contribution >= 4 is 5.97 Å². The van der Waals surface area contributed by atoms with Gasteiger partial charge in [0.05, 0.1) is 6.61 Å². The van der Waals surface area contributed by atoms with Crippen LogP contribution in [-0.2, 0) is 10.2 Å². The Morgan fingerprint density at radius 1 is 1.31 bits per heavy atom. The van der Waals surface area contributed by atoms with Crippen LogP contribution in [0, 0.1) is 0 Å². The Bertz CT molecular complexity index is 334. The Kier molecular flexibility index (Phi) is 4.50. The third-order valence-corrected chi connectivity index (χ3v) is 2.96. The number of unbranched alkanes of at least 4 members (excludes halogenated alkanes) is 1. The molecule has 0 aliphatic carbocycles. The third-order valence-electron chi connectivity index (χ3n) is 2.96. The molecular weight excluding hydrogens is 204 g/mol. The number of aliphatic carboxylic acids is 1. The molecule has 0 saturated heterocycles. The monoisotopic (exact) mass is 222 g/mol. The lowest BCUT2D eigenvalue weighted by Crippen LogP contribution is -2.39. The van der Waals surface area contributed by atoms with Crippen LogP contribution in [0.4, 0.5) is 0 Å². The number of aliphatic hydroxyl groups excluding tert-OH is 1. The number of rotatable bonds is 6. The van der Waals surface area contributed by atoms with Crippen molar-refractivity contribution in [3.63, 3.8) is 0 Å². The van der Waals surface area contributed by atoms with E-state index in [9.17, 15) is 15.0 Å². The molecule has 1 rings (SSSR count). The van der Waals surface area contributed by atoms with E-state index in [1.807, 2.05) is 13.0 Å². The Balaban J connectivity index is 3.07. The van der Waals surface area contributed by atoms with Gasteiger partial charge in [0.25, 0.3) is 0 Å². The number of benzene rings is 1. The van der Waals surface area contributed by atoms with E-state index in [0.717, 1.165) is 12.8 Å². The Labute approximate surface area is 95.7 Å². The predicted octanol–water partition coefficient (Wildman–Crippen LogP) is 2.19. The van der Waals surface area contributed by atoms with Gasteiger partial charge in [-0.2, -0.15) is 0 Å². The lowest BCUT2D eigenvalue weighted by Gasteiger charge is -2.27. The molecule has 0 amide bonds. The average Bonchev–Trinajstić information content (AvgIpc) is 2.31. The van der Waals surface area contributed by atoms with E-state index >= 15 is 0 Å². The molecule has 16 heavy (non-hydrogen) atoms. The van der Waals surface area contributed by atoms with Crippen molar-refractivity contribution in [1.82, 2.24) is 0 Å². The van der Waals surface area contributed by atoms with Gasteiger partial charge in [0, 0.05) is 0 Å². The fourth-order valence-electron chi connectivity index (χ4n) is 1.85. The number of hydrogen-bond acceptors (Lipinski definition) is 2. The highest BCUT2D eigenvalue weighted by Crippen LogP contribution is 2.30. The van der Waals surface area contributed by atoms with Gasteiger partial charge in [-0.25, -0.2) is 0 Å². The van der Waals surface area contributed by atoms with Crippen molar-refractivity contribution in [2.45, 2.75) is 31.6 Å². The minimum absolute atomic E-state index is 0.355. The van der Waals surface area contributed by atoms with E-state index in [-0.39, 0.29) is 6.61 Å². The van der Waals surface area contributed by atoms with E-state index in [2.05, 4.69) is 0 Å². The van der Waals surface area contributed by atoms with Crippen LogP contribution in [0.2, 0.25) is 0 Å². The van der Waals surface area contributed by atoms with E-state index < -0.39 is 11.4 Å². The maximum atomic E-state index is 11.4. The van der Waals surface area contributed by atoms with Crippen LogP contribution in [-0.4, -0.2) is 22.8 Å². The highest BCUT2D eigenvalue weighted by atomic mass is 16.4. The van der Waals surface area contributed by atoms with Gasteiger partial charge in [-0.3, -0.25) is 4.79 Å². The van der Waals surface area contributed by atoms with Crippen molar-refractivity contribution in [3.8, 4) is 0 Å². The second-order valence-electron chi connectivity index (χ2n) is 4.01. The zero-order chi connectivity index (χ0) is 12.0. The van der Waals surface area contributed by atoms with Crippen molar-refractivity contribution in [2.75, 3.05) is 6.61 Å². The molecule has 88 valence electrons. The maximum absolute atomic E-state index is 11.4. The molecule has 3 heteroatoms. The second-order valence-corrected chi connectivity index (χ2v) is 4.01. The lowest BCUT2D eigenvalue weighted by atomic mass is 9.77. The number of hydrogen-bond donors (Lipinski definition) is 2. The van der Waals surface area contributed by atoms with Crippen LogP contribution < -0.4 is 0 Å². The Hall–Kier alpha value is -1.35. The van der Waals surface area contributed by atoms with Crippen molar-refractivity contribution < 1.29 is 15.0 Å². The van der Waals surface area contributed by atoms with Crippen molar-refractivity contribution in [1.29, 1.82) is 0 Å². The summed E-state index contributed by atoms with van der Waals surface area (Å²) in [5, 5.41) is 18.8. The number of aliphatic hydroxyl groups is 1. The topological polar surface area (TPSA) is 57.5 Å². The molecule has 2 N–H and O–H groups in total. The number of carboxylic acids is 1. The SMILES string of the molecule is CCCCC(CO)(C(=O)O)c1ccccc1. The van der Waals surface area contributed by atoms with Crippen molar-refractivity contribution in [2.24, 2.45) is 0 Å². The summed E-state index contributed by atoms with van der Waals surface area (Å²) in [5.74, 6) is -0.949. The Morgan fingerprint density at radius 3 is 2.38 bits per heavy atom. The first-order valence-corrected chi connectivity index (χ1v) is 5.57. The number of carboxylic acid groups (broad SMARTS) is 1. The van der Waals surface area contributed by atoms with Crippen molar-refractivity contribution in [3.05, 3.63) is 35.9 Å². The molecule has 1 atom stereocenters. The third kappa shape index (κ3) is 2.42. The predicted molar refractivity (Wildman–Crippen MR) is 62.4 cm³/mol. The van der Waals surface area contributed by atoms with Gasteiger partial charge >= 0.3 is 5.97 Å². The van der Waals surface area contributed by atoms with Crippen LogP contribution in [0.5, 0.6) is 0 Å². The minimum Gasteiger partial charge on any atom is -0.481 e. The highest BCUT2D eigenvalue weighted by Gasteiger charge is 2.38. The normalized spacial score (nSPS) is 14.4. The van der Waals surface area contributed by atoms with Crippen LogP contribution >= 0.6 is 0 Å². The smallest absolute Gasteiger partial charge is 0.316 e.